The second-order valence-electron chi connectivity index (χ2n) is 12.4. The number of hydrogen-bond acceptors (Lipinski definition) is 0. The summed E-state index contributed by atoms with van der Waals surface area (Å²) in [4.78, 5) is 0. The Bertz CT molecular complexity index is 2170. The molecule has 3 unspecified atom stereocenters. The molecule has 6 aromatic rings. The van der Waals surface area contributed by atoms with Gasteiger partial charge in [-0.05, 0) is 75.0 Å². The number of rotatable bonds is 0. The molecule has 4 heterocycles. The summed E-state index contributed by atoms with van der Waals surface area (Å²) in [6, 6.07) is 41.7. The third-order valence-electron chi connectivity index (χ3n) is 10.8. The van der Waals surface area contributed by atoms with Crippen LogP contribution < -0.4 is 9.13 Å². The standard InChI is InChI=1S/C39H26N2/c1-3-12-27-23(10-1)20-25-22-26-21-24-11-2-4-13-28(24)36-32-17-6-8-19-41(32)39-37-29(31-16-5-7-18-40(31)39)14-9-15-30(37)35(27)33(25)38(39)34(26)36/h1-19,22,35-36H,20-21H2/q+2. The summed E-state index contributed by atoms with van der Waals surface area (Å²) in [5.41, 5.74) is 20.1. The zero-order valence-corrected chi connectivity index (χ0v) is 22.5. The fraction of sp³-hybridized carbons (Fsp3) is 0.128. The maximum atomic E-state index is 2.65. The zero-order chi connectivity index (χ0) is 26.4. The van der Waals surface area contributed by atoms with E-state index in [4.69, 9.17) is 0 Å². The van der Waals surface area contributed by atoms with Gasteiger partial charge in [-0.15, -0.1) is 9.13 Å². The molecule has 0 amide bonds. The van der Waals surface area contributed by atoms with E-state index in [1.165, 1.54) is 61.5 Å². The van der Waals surface area contributed by atoms with E-state index in [-0.39, 0.29) is 11.8 Å². The van der Waals surface area contributed by atoms with Gasteiger partial charge in [-0.25, -0.2) is 0 Å². The number of pyridine rings is 2. The molecule has 2 aromatic heterocycles. The third-order valence-corrected chi connectivity index (χ3v) is 10.8. The number of aromatic nitrogens is 2. The van der Waals surface area contributed by atoms with E-state index in [9.17, 15) is 0 Å². The van der Waals surface area contributed by atoms with Gasteiger partial charge in [-0.3, -0.25) is 0 Å². The highest BCUT2D eigenvalue weighted by Crippen LogP contribution is 2.60. The zero-order valence-electron chi connectivity index (χ0n) is 22.5. The van der Waals surface area contributed by atoms with Crippen LogP contribution >= 0.6 is 0 Å². The van der Waals surface area contributed by atoms with Gasteiger partial charge in [-0.1, -0.05) is 72.8 Å². The number of fused-ring (bicyclic) bond motifs is 9. The summed E-state index contributed by atoms with van der Waals surface area (Å²) < 4.78 is 5.26. The molecule has 0 saturated carbocycles. The van der Waals surface area contributed by atoms with Gasteiger partial charge in [0.25, 0.3) is 0 Å². The van der Waals surface area contributed by atoms with Crippen LogP contribution in [-0.4, -0.2) is 0 Å². The maximum Gasteiger partial charge on any atom is 0.417 e. The molecule has 3 atom stereocenters. The van der Waals surface area contributed by atoms with Gasteiger partial charge in [0.2, 0.25) is 11.4 Å². The average molecular weight is 523 g/mol. The van der Waals surface area contributed by atoms with Crippen molar-refractivity contribution in [3.05, 3.63) is 188 Å². The summed E-state index contributed by atoms with van der Waals surface area (Å²) >= 11 is 0. The van der Waals surface area contributed by atoms with Crippen molar-refractivity contribution in [1.29, 1.82) is 0 Å². The summed E-state index contributed by atoms with van der Waals surface area (Å²) in [5.74, 6) is 0.471. The normalized spacial score (nSPS) is 22.0. The van der Waals surface area contributed by atoms with Crippen molar-refractivity contribution in [2.24, 2.45) is 0 Å². The molecule has 4 aromatic carbocycles. The fourth-order valence-corrected chi connectivity index (χ4v) is 9.53. The molecule has 0 radical (unpaired) electrons. The van der Waals surface area contributed by atoms with Crippen LogP contribution in [0.5, 0.6) is 0 Å². The quantitative estimate of drug-likeness (QED) is 0.206. The Kier molecular flexibility index (Phi) is 3.53. The van der Waals surface area contributed by atoms with Crippen molar-refractivity contribution in [2.45, 2.75) is 30.3 Å². The molecule has 0 bridgehead atoms. The summed E-state index contributed by atoms with van der Waals surface area (Å²) in [5, 5.41) is 0. The second kappa shape index (κ2) is 6.90. The molecule has 41 heavy (non-hydrogen) atoms. The largest absolute Gasteiger partial charge is 0.417 e. The lowest BCUT2D eigenvalue weighted by atomic mass is 9.58. The molecule has 0 fully saturated rings. The van der Waals surface area contributed by atoms with Crippen LogP contribution in [-0.2, 0) is 18.5 Å². The first-order valence-electron chi connectivity index (χ1n) is 14.9. The van der Waals surface area contributed by atoms with Gasteiger partial charge >= 0.3 is 5.66 Å². The number of hydrogen-bond donors (Lipinski definition) is 0. The van der Waals surface area contributed by atoms with E-state index >= 15 is 0 Å². The van der Waals surface area contributed by atoms with E-state index < -0.39 is 5.66 Å². The van der Waals surface area contributed by atoms with Crippen molar-refractivity contribution >= 4 is 0 Å². The Morgan fingerprint density at radius 2 is 1.15 bits per heavy atom. The molecule has 2 heteroatoms. The highest BCUT2D eigenvalue weighted by Gasteiger charge is 2.71. The minimum absolute atomic E-state index is 0.224. The molecule has 1 spiro atoms. The Morgan fingerprint density at radius 3 is 1.95 bits per heavy atom. The minimum atomic E-state index is -0.444. The first-order valence-corrected chi connectivity index (χ1v) is 14.9. The van der Waals surface area contributed by atoms with Crippen LogP contribution in [0.15, 0.2) is 122 Å². The Hall–Kier alpha value is -4.82. The highest BCUT2D eigenvalue weighted by atomic mass is 15.3. The van der Waals surface area contributed by atoms with Crippen LogP contribution in [0.3, 0.4) is 0 Å². The van der Waals surface area contributed by atoms with E-state index in [0.717, 1.165) is 12.8 Å². The van der Waals surface area contributed by atoms with E-state index in [0.29, 0.717) is 0 Å². The summed E-state index contributed by atoms with van der Waals surface area (Å²) in [7, 11) is 0. The van der Waals surface area contributed by atoms with Gasteiger partial charge < -0.3 is 0 Å². The van der Waals surface area contributed by atoms with E-state index in [2.05, 4.69) is 131 Å². The van der Waals surface area contributed by atoms with Gasteiger partial charge in [0.1, 0.15) is 11.1 Å². The van der Waals surface area contributed by atoms with Crippen LogP contribution in [0.2, 0.25) is 0 Å². The highest BCUT2D eigenvalue weighted by molar-refractivity contribution is 5.78. The Labute approximate surface area is 238 Å². The maximum absolute atomic E-state index is 2.65. The molecule has 3 aliphatic carbocycles. The molecule has 0 saturated heterocycles. The van der Waals surface area contributed by atoms with Gasteiger partial charge in [-0.2, -0.15) is 0 Å². The lowest BCUT2D eigenvalue weighted by Crippen LogP contribution is -2.77. The molecule has 2 nitrogen and oxygen atoms in total. The van der Waals surface area contributed by atoms with Crippen LogP contribution in [0, 0.1) is 0 Å². The Morgan fingerprint density at radius 1 is 0.512 bits per heavy atom. The van der Waals surface area contributed by atoms with Gasteiger partial charge in [0.15, 0.2) is 12.4 Å². The lowest BCUT2D eigenvalue weighted by Gasteiger charge is -2.44. The summed E-state index contributed by atoms with van der Waals surface area (Å²) in [6.07, 6.45) is 6.70. The molecule has 0 N–H and O–H groups in total. The molecule has 11 rings (SSSR count). The first kappa shape index (κ1) is 21.0. The van der Waals surface area contributed by atoms with Gasteiger partial charge in [0, 0.05) is 30.2 Å². The minimum Gasteiger partial charge on any atom is -0.129 e. The third kappa shape index (κ3) is 2.18. The van der Waals surface area contributed by atoms with Crippen LogP contribution in [0.4, 0.5) is 0 Å². The number of benzene rings is 4. The molecule has 2 aliphatic heterocycles. The van der Waals surface area contributed by atoms with Crippen molar-refractivity contribution in [3.63, 3.8) is 0 Å². The topological polar surface area (TPSA) is 7.76 Å². The summed E-state index contributed by atoms with van der Waals surface area (Å²) in [6.45, 7) is 0. The van der Waals surface area contributed by atoms with Crippen LogP contribution in [0.25, 0.3) is 11.3 Å². The lowest BCUT2D eigenvalue weighted by molar-refractivity contribution is -0.968. The first-order chi connectivity index (χ1) is 20.4. The van der Waals surface area contributed by atoms with Crippen molar-refractivity contribution in [2.75, 3.05) is 0 Å². The second-order valence-corrected chi connectivity index (χ2v) is 12.4. The van der Waals surface area contributed by atoms with Gasteiger partial charge in [0.05, 0.1) is 11.5 Å². The molecule has 190 valence electrons. The Balaban J connectivity index is 1.42. The fourth-order valence-electron chi connectivity index (χ4n) is 9.53. The monoisotopic (exact) mass is 522 g/mol. The van der Waals surface area contributed by atoms with Crippen LogP contribution in [0.1, 0.15) is 78.7 Å². The van der Waals surface area contributed by atoms with E-state index in [1.807, 2.05) is 0 Å². The van der Waals surface area contributed by atoms with Crippen molar-refractivity contribution in [1.82, 2.24) is 0 Å². The molecular weight excluding hydrogens is 496 g/mol. The SMILES string of the molecule is c1ccc2c(c1)Cc1cc3c4c5c1C2c1cccc2c1C5([n+]1ccccc1-2)[n+]1ccccc1C4c1ccccc1C3. The average Bonchev–Trinajstić information content (AvgIpc) is 3.33. The van der Waals surface area contributed by atoms with Crippen molar-refractivity contribution < 1.29 is 9.13 Å². The predicted octanol–water partition coefficient (Wildman–Crippen LogP) is 6.34. The predicted molar refractivity (Wildman–Crippen MR) is 157 cm³/mol. The van der Waals surface area contributed by atoms with E-state index in [1.54, 1.807) is 16.7 Å². The van der Waals surface area contributed by atoms with Crippen molar-refractivity contribution in [3.8, 4) is 11.3 Å². The molecule has 5 aliphatic rings. The number of nitrogens with zero attached hydrogens (tertiary/aromatic N) is 2. The molecular formula is C39H26N2+2. The smallest absolute Gasteiger partial charge is 0.129 e.